The van der Waals surface area contributed by atoms with Crippen molar-refractivity contribution in [2.75, 3.05) is 0 Å². The summed E-state index contributed by atoms with van der Waals surface area (Å²) >= 11 is 0. The fourth-order valence-corrected chi connectivity index (χ4v) is 3.48. The molecule has 0 aliphatic heterocycles. The van der Waals surface area contributed by atoms with Crippen molar-refractivity contribution >= 4 is 10.8 Å². The van der Waals surface area contributed by atoms with E-state index < -0.39 is 0 Å². The van der Waals surface area contributed by atoms with E-state index in [0.29, 0.717) is 6.61 Å². The predicted molar refractivity (Wildman–Crippen MR) is 116 cm³/mol. The highest BCUT2D eigenvalue weighted by molar-refractivity contribution is 5.87. The van der Waals surface area contributed by atoms with E-state index >= 15 is 0 Å². The van der Waals surface area contributed by atoms with Gasteiger partial charge in [-0.25, -0.2) is 0 Å². The predicted octanol–water partition coefficient (Wildman–Crippen LogP) is 6.27. The van der Waals surface area contributed by atoms with E-state index in [-0.39, 0.29) is 6.04 Å². The smallest absolute Gasteiger partial charge is 0.124 e. The summed E-state index contributed by atoms with van der Waals surface area (Å²) in [4.78, 5) is 0. The second kappa shape index (κ2) is 8.73. The van der Waals surface area contributed by atoms with Gasteiger partial charge in [-0.3, -0.25) is 0 Å². The number of rotatable bonds is 7. The molecule has 0 amide bonds. The van der Waals surface area contributed by atoms with Crippen molar-refractivity contribution in [1.82, 2.24) is 5.32 Å². The summed E-state index contributed by atoms with van der Waals surface area (Å²) < 4.78 is 6.23. The molecule has 1 atom stereocenters. The molecule has 140 valence electrons. The molecule has 0 bridgehead atoms. The Kier molecular flexibility index (Phi) is 5.69. The van der Waals surface area contributed by atoms with Crippen molar-refractivity contribution < 1.29 is 4.74 Å². The quantitative estimate of drug-likeness (QED) is 0.416. The van der Waals surface area contributed by atoms with Crippen LogP contribution in [-0.4, -0.2) is 0 Å². The van der Waals surface area contributed by atoms with E-state index in [2.05, 4.69) is 91.1 Å². The molecule has 4 aromatic carbocycles. The summed E-state index contributed by atoms with van der Waals surface area (Å²) in [6.45, 7) is 3.52. The minimum atomic E-state index is 0.266. The van der Waals surface area contributed by atoms with Crippen LogP contribution >= 0.6 is 0 Å². The van der Waals surface area contributed by atoms with Gasteiger partial charge in [0.1, 0.15) is 12.4 Å². The van der Waals surface area contributed by atoms with Gasteiger partial charge in [0, 0.05) is 18.2 Å². The maximum absolute atomic E-state index is 6.23. The van der Waals surface area contributed by atoms with Crippen molar-refractivity contribution in [3.63, 3.8) is 0 Å². The topological polar surface area (TPSA) is 21.3 Å². The molecule has 2 nitrogen and oxygen atoms in total. The first-order valence-corrected chi connectivity index (χ1v) is 9.77. The maximum atomic E-state index is 6.23. The first-order chi connectivity index (χ1) is 13.8. The summed E-state index contributed by atoms with van der Waals surface area (Å²) in [5.41, 5.74) is 3.67. The zero-order chi connectivity index (χ0) is 19.2. The third-order valence-electron chi connectivity index (χ3n) is 5.12. The maximum Gasteiger partial charge on any atom is 0.124 e. The molecule has 0 spiro atoms. The molecule has 0 radical (unpaired) electrons. The lowest BCUT2D eigenvalue weighted by molar-refractivity contribution is 0.302. The third kappa shape index (κ3) is 4.24. The van der Waals surface area contributed by atoms with E-state index in [1.54, 1.807) is 0 Å². The fraction of sp³-hybridized carbons (Fsp3) is 0.154. The van der Waals surface area contributed by atoms with E-state index in [9.17, 15) is 0 Å². The van der Waals surface area contributed by atoms with Crippen LogP contribution in [-0.2, 0) is 13.2 Å². The minimum absolute atomic E-state index is 0.266. The highest BCUT2D eigenvalue weighted by atomic mass is 16.5. The molecule has 0 aliphatic rings. The molecule has 1 N–H and O–H groups in total. The molecular formula is C26H25NO. The normalized spacial score (nSPS) is 12.0. The second-order valence-electron chi connectivity index (χ2n) is 7.05. The van der Waals surface area contributed by atoms with Crippen LogP contribution in [0.25, 0.3) is 10.8 Å². The third-order valence-corrected chi connectivity index (χ3v) is 5.12. The Morgan fingerprint density at radius 1 is 0.750 bits per heavy atom. The van der Waals surface area contributed by atoms with Gasteiger partial charge in [0.15, 0.2) is 0 Å². The Labute approximate surface area is 166 Å². The SMILES string of the molecule is C[C@H](NCc1c(OCc2ccccc2)ccc2ccccc12)c1ccccc1. The summed E-state index contributed by atoms with van der Waals surface area (Å²) in [5.74, 6) is 0.940. The summed E-state index contributed by atoms with van der Waals surface area (Å²) in [5, 5.41) is 6.14. The number of benzene rings is 4. The lowest BCUT2D eigenvalue weighted by Gasteiger charge is -2.18. The van der Waals surface area contributed by atoms with E-state index in [4.69, 9.17) is 4.74 Å². The van der Waals surface area contributed by atoms with Crippen LogP contribution in [0.15, 0.2) is 97.1 Å². The fourth-order valence-electron chi connectivity index (χ4n) is 3.48. The van der Waals surface area contributed by atoms with Gasteiger partial charge in [0.2, 0.25) is 0 Å². The van der Waals surface area contributed by atoms with Gasteiger partial charge in [-0.2, -0.15) is 0 Å². The molecule has 2 heteroatoms. The van der Waals surface area contributed by atoms with Gasteiger partial charge >= 0.3 is 0 Å². The Bertz CT molecular complexity index is 1030. The number of ether oxygens (including phenoxy) is 1. The average Bonchev–Trinajstić information content (AvgIpc) is 2.77. The molecule has 28 heavy (non-hydrogen) atoms. The molecule has 0 saturated heterocycles. The van der Waals surface area contributed by atoms with Gasteiger partial charge in [-0.1, -0.05) is 91.0 Å². The number of hydrogen-bond donors (Lipinski definition) is 1. The second-order valence-corrected chi connectivity index (χ2v) is 7.05. The zero-order valence-corrected chi connectivity index (χ0v) is 16.1. The number of nitrogens with one attached hydrogen (secondary N) is 1. The lowest BCUT2D eigenvalue weighted by Crippen LogP contribution is -2.18. The molecule has 4 rings (SSSR count). The van der Waals surface area contributed by atoms with E-state index in [0.717, 1.165) is 12.3 Å². The van der Waals surface area contributed by atoms with Crippen LogP contribution in [0.1, 0.15) is 29.7 Å². The molecule has 0 saturated carbocycles. The highest BCUT2D eigenvalue weighted by Crippen LogP contribution is 2.29. The Morgan fingerprint density at radius 2 is 1.43 bits per heavy atom. The van der Waals surface area contributed by atoms with Crippen LogP contribution in [0, 0.1) is 0 Å². The van der Waals surface area contributed by atoms with Crippen LogP contribution in [0.2, 0.25) is 0 Å². The van der Waals surface area contributed by atoms with Gasteiger partial charge < -0.3 is 10.1 Å². The van der Waals surface area contributed by atoms with Crippen molar-refractivity contribution in [2.24, 2.45) is 0 Å². The summed E-state index contributed by atoms with van der Waals surface area (Å²) in [7, 11) is 0. The molecule has 0 fully saturated rings. The number of fused-ring (bicyclic) bond motifs is 1. The standard InChI is InChI=1S/C26H25NO/c1-20(22-12-6-3-7-13-22)27-18-25-24-15-9-8-14-23(24)16-17-26(25)28-19-21-10-4-2-5-11-21/h2-17,20,27H,18-19H2,1H3/t20-/m0/s1. The van der Waals surface area contributed by atoms with Gasteiger partial charge in [0.05, 0.1) is 0 Å². The van der Waals surface area contributed by atoms with Crippen LogP contribution < -0.4 is 10.1 Å². The first kappa shape index (κ1) is 18.3. The van der Waals surface area contributed by atoms with Crippen LogP contribution in [0.4, 0.5) is 0 Å². The minimum Gasteiger partial charge on any atom is -0.489 e. The lowest BCUT2D eigenvalue weighted by atomic mass is 10.0. The van der Waals surface area contributed by atoms with Crippen molar-refractivity contribution in [3.8, 4) is 5.75 Å². The molecular weight excluding hydrogens is 342 g/mol. The average molecular weight is 367 g/mol. The Morgan fingerprint density at radius 3 is 2.21 bits per heavy atom. The number of hydrogen-bond acceptors (Lipinski definition) is 2. The Hall–Kier alpha value is -3.10. The van der Waals surface area contributed by atoms with Gasteiger partial charge in [-0.15, -0.1) is 0 Å². The van der Waals surface area contributed by atoms with Crippen LogP contribution in [0.5, 0.6) is 5.75 Å². The molecule has 4 aromatic rings. The summed E-state index contributed by atoms with van der Waals surface area (Å²) in [6.07, 6.45) is 0. The molecule has 0 heterocycles. The molecule has 0 aliphatic carbocycles. The molecule has 0 unspecified atom stereocenters. The van der Waals surface area contributed by atoms with Crippen LogP contribution in [0.3, 0.4) is 0 Å². The van der Waals surface area contributed by atoms with Gasteiger partial charge in [-0.05, 0) is 34.9 Å². The largest absolute Gasteiger partial charge is 0.489 e. The highest BCUT2D eigenvalue weighted by Gasteiger charge is 2.11. The van der Waals surface area contributed by atoms with Crippen molar-refractivity contribution in [2.45, 2.75) is 26.1 Å². The zero-order valence-electron chi connectivity index (χ0n) is 16.1. The van der Waals surface area contributed by atoms with E-state index in [1.807, 2.05) is 18.2 Å². The summed E-state index contributed by atoms with van der Waals surface area (Å²) in [6, 6.07) is 33.8. The first-order valence-electron chi connectivity index (χ1n) is 9.77. The van der Waals surface area contributed by atoms with Crippen molar-refractivity contribution in [1.29, 1.82) is 0 Å². The monoisotopic (exact) mass is 367 g/mol. The van der Waals surface area contributed by atoms with Crippen molar-refractivity contribution in [3.05, 3.63) is 114 Å². The molecule has 0 aromatic heterocycles. The Balaban J connectivity index is 1.58. The van der Waals surface area contributed by atoms with Gasteiger partial charge in [0.25, 0.3) is 0 Å². The van der Waals surface area contributed by atoms with E-state index in [1.165, 1.54) is 27.5 Å².